The Hall–Kier alpha value is -1.29. The van der Waals surface area contributed by atoms with Crippen LogP contribution in [0.3, 0.4) is 0 Å². The Bertz CT molecular complexity index is 710. The minimum Gasteiger partial charge on any atom is -0.399 e. The van der Waals surface area contributed by atoms with Gasteiger partial charge < -0.3 is 9.31 Å². The molecule has 2 aromatic rings. The first-order chi connectivity index (χ1) is 10.7. The van der Waals surface area contributed by atoms with Gasteiger partial charge in [-0.3, -0.25) is 0 Å². The molecule has 0 amide bonds. The fourth-order valence-electron chi connectivity index (χ4n) is 2.76. The van der Waals surface area contributed by atoms with Crippen LogP contribution in [0.25, 0.3) is 11.1 Å². The molecule has 2 nitrogen and oxygen atoms in total. The van der Waals surface area contributed by atoms with Gasteiger partial charge in [0.25, 0.3) is 0 Å². The molecule has 0 atom stereocenters. The molecular weight excluding hydrogens is 306 g/mol. The molecule has 1 saturated heterocycles. The highest BCUT2D eigenvalue weighted by Crippen LogP contribution is 2.37. The largest absolute Gasteiger partial charge is 0.495 e. The molecule has 2 aromatic carbocycles. The van der Waals surface area contributed by atoms with Crippen molar-refractivity contribution in [1.29, 1.82) is 0 Å². The standard InChI is InChI=1S/C19H22BClO2/c1-13-11-15(14-9-7-6-8-10-14)17(21)12-16(13)20-22-18(2,3)19(4,5)23-20/h6-12H,1-5H3. The maximum atomic E-state index is 6.55. The molecule has 0 radical (unpaired) electrons. The summed E-state index contributed by atoms with van der Waals surface area (Å²) in [6.45, 7) is 10.3. The molecule has 23 heavy (non-hydrogen) atoms. The van der Waals surface area contributed by atoms with Gasteiger partial charge in [-0.25, -0.2) is 0 Å². The molecular formula is C19H22BClO2. The Morgan fingerprint density at radius 2 is 1.48 bits per heavy atom. The number of hydrogen-bond donors (Lipinski definition) is 0. The molecule has 1 fully saturated rings. The summed E-state index contributed by atoms with van der Waals surface area (Å²) in [6.07, 6.45) is 0. The second-order valence-electron chi connectivity index (χ2n) is 7.14. The average Bonchev–Trinajstić information content (AvgIpc) is 2.70. The lowest BCUT2D eigenvalue weighted by Crippen LogP contribution is -2.41. The van der Waals surface area contributed by atoms with Crippen molar-refractivity contribution in [2.75, 3.05) is 0 Å². The van der Waals surface area contributed by atoms with Crippen LogP contribution in [0.4, 0.5) is 0 Å². The summed E-state index contributed by atoms with van der Waals surface area (Å²) in [6, 6.07) is 14.2. The fourth-order valence-corrected chi connectivity index (χ4v) is 3.04. The number of benzene rings is 2. The van der Waals surface area contributed by atoms with E-state index in [0.717, 1.165) is 22.2 Å². The Labute approximate surface area is 143 Å². The molecule has 0 spiro atoms. The molecule has 3 rings (SSSR count). The van der Waals surface area contributed by atoms with Crippen LogP contribution < -0.4 is 5.46 Å². The van der Waals surface area contributed by atoms with Crippen molar-refractivity contribution in [3.05, 3.63) is 53.1 Å². The molecule has 0 aromatic heterocycles. The number of hydrogen-bond acceptors (Lipinski definition) is 2. The molecule has 1 aliphatic heterocycles. The Morgan fingerprint density at radius 3 is 2.04 bits per heavy atom. The van der Waals surface area contributed by atoms with Gasteiger partial charge in [0, 0.05) is 10.6 Å². The quantitative estimate of drug-likeness (QED) is 0.749. The minimum atomic E-state index is -0.387. The molecule has 1 aliphatic rings. The van der Waals surface area contributed by atoms with Gasteiger partial charge in [-0.15, -0.1) is 0 Å². The summed E-state index contributed by atoms with van der Waals surface area (Å²) in [4.78, 5) is 0. The molecule has 0 N–H and O–H groups in total. The summed E-state index contributed by atoms with van der Waals surface area (Å²) < 4.78 is 12.3. The van der Waals surface area contributed by atoms with Crippen LogP contribution in [-0.2, 0) is 9.31 Å². The first-order valence-electron chi connectivity index (χ1n) is 7.92. The van der Waals surface area contributed by atoms with E-state index in [2.05, 4.69) is 52.8 Å². The van der Waals surface area contributed by atoms with E-state index >= 15 is 0 Å². The lowest BCUT2D eigenvalue weighted by atomic mass is 9.75. The van der Waals surface area contributed by atoms with Crippen LogP contribution in [0.5, 0.6) is 0 Å². The highest BCUT2D eigenvalue weighted by atomic mass is 35.5. The topological polar surface area (TPSA) is 18.5 Å². The summed E-state index contributed by atoms with van der Waals surface area (Å²) in [5.74, 6) is 0. The zero-order valence-electron chi connectivity index (χ0n) is 14.3. The van der Waals surface area contributed by atoms with E-state index in [4.69, 9.17) is 20.9 Å². The smallest absolute Gasteiger partial charge is 0.399 e. The SMILES string of the molecule is Cc1cc(-c2ccccc2)c(Cl)cc1B1OC(C)(C)C(C)(C)O1. The average molecular weight is 329 g/mol. The van der Waals surface area contributed by atoms with E-state index in [0.29, 0.717) is 5.02 Å². The van der Waals surface area contributed by atoms with Crippen molar-refractivity contribution in [1.82, 2.24) is 0 Å². The van der Waals surface area contributed by atoms with Crippen LogP contribution >= 0.6 is 11.6 Å². The fraction of sp³-hybridized carbons (Fsp3) is 0.368. The van der Waals surface area contributed by atoms with E-state index < -0.39 is 0 Å². The zero-order chi connectivity index (χ0) is 16.8. The minimum absolute atomic E-state index is 0.352. The van der Waals surface area contributed by atoms with E-state index in [1.54, 1.807) is 0 Å². The summed E-state index contributed by atoms with van der Waals surface area (Å²) in [5, 5.41) is 0.714. The maximum Gasteiger partial charge on any atom is 0.495 e. The molecule has 1 heterocycles. The summed E-state index contributed by atoms with van der Waals surface area (Å²) >= 11 is 6.55. The normalized spacial score (nSPS) is 19.1. The maximum absolute atomic E-state index is 6.55. The van der Waals surface area contributed by atoms with Crippen LogP contribution in [0, 0.1) is 6.92 Å². The van der Waals surface area contributed by atoms with Gasteiger partial charge in [-0.05, 0) is 51.7 Å². The van der Waals surface area contributed by atoms with Crippen LogP contribution in [0.1, 0.15) is 33.3 Å². The van der Waals surface area contributed by atoms with E-state index in [1.807, 2.05) is 24.3 Å². The van der Waals surface area contributed by atoms with Gasteiger partial charge in [0.2, 0.25) is 0 Å². The monoisotopic (exact) mass is 328 g/mol. The predicted octanol–water partition coefficient (Wildman–Crippen LogP) is 4.61. The van der Waals surface area contributed by atoms with Gasteiger partial charge in [-0.2, -0.15) is 0 Å². The van der Waals surface area contributed by atoms with Crippen molar-refractivity contribution in [3.8, 4) is 11.1 Å². The molecule has 4 heteroatoms. The first kappa shape index (κ1) is 16.6. The predicted molar refractivity (Wildman–Crippen MR) is 97.3 cm³/mol. The molecule has 0 bridgehead atoms. The Kier molecular flexibility index (Phi) is 4.08. The van der Waals surface area contributed by atoms with Crippen molar-refractivity contribution in [3.63, 3.8) is 0 Å². The molecule has 0 saturated carbocycles. The number of aryl methyl sites for hydroxylation is 1. The Morgan fingerprint density at radius 1 is 0.913 bits per heavy atom. The van der Waals surface area contributed by atoms with Crippen LogP contribution in [-0.4, -0.2) is 18.3 Å². The lowest BCUT2D eigenvalue weighted by Gasteiger charge is -2.32. The summed E-state index contributed by atoms with van der Waals surface area (Å²) in [7, 11) is -0.387. The molecule has 0 unspecified atom stereocenters. The van der Waals surface area contributed by atoms with Gasteiger partial charge in [-0.1, -0.05) is 53.6 Å². The summed E-state index contributed by atoms with van der Waals surface area (Å²) in [5.41, 5.74) is 3.55. The molecule has 0 aliphatic carbocycles. The lowest BCUT2D eigenvalue weighted by molar-refractivity contribution is 0.00578. The van der Waals surface area contributed by atoms with Crippen molar-refractivity contribution in [2.45, 2.75) is 45.8 Å². The first-order valence-corrected chi connectivity index (χ1v) is 8.30. The Balaban J connectivity index is 1.99. The van der Waals surface area contributed by atoms with Crippen LogP contribution in [0.15, 0.2) is 42.5 Å². The van der Waals surface area contributed by atoms with E-state index in [-0.39, 0.29) is 18.3 Å². The van der Waals surface area contributed by atoms with Crippen molar-refractivity contribution >= 4 is 24.2 Å². The second kappa shape index (κ2) is 5.66. The van der Waals surface area contributed by atoms with Gasteiger partial charge in [0.05, 0.1) is 11.2 Å². The second-order valence-corrected chi connectivity index (χ2v) is 7.55. The highest BCUT2D eigenvalue weighted by molar-refractivity contribution is 6.63. The third-order valence-corrected chi connectivity index (χ3v) is 5.26. The third kappa shape index (κ3) is 2.94. The van der Waals surface area contributed by atoms with Gasteiger partial charge >= 0.3 is 7.12 Å². The van der Waals surface area contributed by atoms with Crippen molar-refractivity contribution in [2.24, 2.45) is 0 Å². The zero-order valence-corrected chi connectivity index (χ0v) is 15.1. The number of halogens is 1. The van der Waals surface area contributed by atoms with Crippen molar-refractivity contribution < 1.29 is 9.31 Å². The van der Waals surface area contributed by atoms with Gasteiger partial charge in [0.1, 0.15) is 0 Å². The highest BCUT2D eigenvalue weighted by Gasteiger charge is 2.52. The van der Waals surface area contributed by atoms with Crippen LogP contribution in [0.2, 0.25) is 5.02 Å². The number of rotatable bonds is 2. The van der Waals surface area contributed by atoms with E-state index in [9.17, 15) is 0 Å². The van der Waals surface area contributed by atoms with Gasteiger partial charge in [0.15, 0.2) is 0 Å². The van der Waals surface area contributed by atoms with E-state index in [1.165, 1.54) is 0 Å². The molecule has 120 valence electrons. The third-order valence-electron chi connectivity index (χ3n) is 4.95.